The quantitative estimate of drug-likeness (QED) is 0.475. The number of hydrogen-bond acceptors (Lipinski definition) is 3. The van der Waals surface area contributed by atoms with Gasteiger partial charge in [-0.15, -0.1) is 0 Å². The van der Waals surface area contributed by atoms with E-state index in [1.165, 1.54) is 0 Å². The van der Waals surface area contributed by atoms with Crippen molar-refractivity contribution in [3.63, 3.8) is 0 Å². The molecule has 0 saturated heterocycles. The van der Waals surface area contributed by atoms with E-state index in [1.807, 2.05) is 51.1 Å². The molecule has 0 aliphatic heterocycles. The fraction of sp³-hybridized carbons (Fsp3) is 0.412. The lowest BCUT2D eigenvalue weighted by Gasteiger charge is -2.09. The molecule has 4 heteroatoms. The van der Waals surface area contributed by atoms with Crippen LogP contribution in [0.5, 0.6) is 5.75 Å². The van der Waals surface area contributed by atoms with Crippen molar-refractivity contribution in [1.82, 2.24) is 5.32 Å². The van der Waals surface area contributed by atoms with Crippen molar-refractivity contribution in [3.8, 4) is 11.8 Å². The maximum absolute atomic E-state index is 11.8. The molecule has 1 rings (SSSR count). The minimum Gasteiger partial charge on any atom is -0.491 e. The zero-order chi connectivity index (χ0) is 15.7. The Balaban J connectivity index is 2.74. The number of hydrogen-bond donors (Lipinski definition) is 1. The summed E-state index contributed by atoms with van der Waals surface area (Å²) in [7, 11) is 0. The van der Waals surface area contributed by atoms with Crippen LogP contribution in [0.25, 0.3) is 6.08 Å². The van der Waals surface area contributed by atoms with Crippen LogP contribution in [0.3, 0.4) is 0 Å². The van der Waals surface area contributed by atoms with Crippen molar-refractivity contribution in [3.05, 3.63) is 35.4 Å². The van der Waals surface area contributed by atoms with Gasteiger partial charge in [0.2, 0.25) is 0 Å². The molecule has 0 atom stereocenters. The summed E-state index contributed by atoms with van der Waals surface area (Å²) in [4.78, 5) is 11.8. The Labute approximate surface area is 126 Å². The highest BCUT2D eigenvalue weighted by Crippen LogP contribution is 2.15. The lowest BCUT2D eigenvalue weighted by atomic mass is 10.1. The van der Waals surface area contributed by atoms with Gasteiger partial charge < -0.3 is 10.1 Å². The summed E-state index contributed by atoms with van der Waals surface area (Å²) < 4.78 is 5.55. The molecule has 1 aromatic carbocycles. The first-order valence-corrected chi connectivity index (χ1v) is 7.23. The van der Waals surface area contributed by atoms with Gasteiger partial charge in [0.25, 0.3) is 5.91 Å². The first-order chi connectivity index (χ1) is 10.1. The normalized spacial score (nSPS) is 11.1. The number of nitrogens with one attached hydrogen (secondary N) is 1. The molecule has 0 unspecified atom stereocenters. The Morgan fingerprint density at radius 1 is 1.38 bits per heavy atom. The second kappa shape index (κ2) is 8.80. The number of unbranched alkanes of at least 4 members (excludes halogenated alkanes) is 1. The van der Waals surface area contributed by atoms with Gasteiger partial charge in [-0.2, -0.15) is 5.26 Å². The number of rotatable bonds is 7. The summed E-state index contributed by atoms with van der Waals surface area (Å²) in [6, 6.07) is 9.26. The van der Waals surface area contributed by atoms with Crippen LogP contribution in [0.1, 0.15) is 39.2 Å². The molecular formula is C17H22N2O2. The van der Waals surface area contributed by atoms with E-state index in [0.717, 1.165) is 24.2 Å². The minimum atomic E-state index is -0.326. The number of carbonyl (C=O) groups is 1. The van der Waals surface area contributed by atoms with E-state index in [9.17, 15) is 4.79 Å². The van der Waals surface area contributed by atoms with E-state index in [4.69, 9.17) is 10.00 Å². The average molecular weight is 286 g/mol. The van der Waals surface area contributed by atoms with Gasteiger partial charge in [0, 0.05) is 6.54 Å². The Morgan fingerprint density at radius 2 is 2.05 bits per heavy atom. The Kier molecular flexibility index (Phi) is 7.03. The highest BCUT2D eigenvalue weighted by atomic mass is 16.5. The maximum atomic E-state index is 11.8. The molecule has 0 bridgehead atoms. The summed E-state index contributed by atoms with van der Waals surface area (Å²) in [5.41, 5.74) is 0.914. The standard InChI is InChI=1S/C17H22N2O2/c1-4-5-10-19-17(20)15(12-18)11-14-6-8-16(9-7-14)21-13(2)3/h6-9,11,13H,4-5,10H2,1-3H3,(H,19,20)/b15-11-. The average Bonchev–Trinajstić information content (AvgIpc) is 2.46. The fourth-order valence-corrected chi connectivity index (χ4v) is 1.70. The van der Waals surface area contributed by atoms with Crippen LogP contribution in [-0.2, 0) is 4.79 Å². The Morgan fingerprint density at radius 3 is 2.57 bits per heavy atom. The van der Waals surface area contributed by atoms with Gasteiger partial charge in [-0.1, -0.05) is 25.5 Å². The number of nitrogens with zero attached hydrogens (tertiary/aromatic N) is 1. The first-order valence-electron chi connectivity index (χ1n) is 7.23. The van der Waals surface area contributed by atoms with E-state index in [-0.39, 0.29) is 17.6 Å². The molecule has 0 spiro atoms. The third-order valence-corrected chi connectivity index (χ3v) is 2.74. The van der Waals surface area contributed by atoms with Crippen molar-refractivity contribution >= 4 is 12.0 Å². The van der Waals surface area contributed by atoms with E-state index in [0.29, 0.717) is 6.54 Å². The molecule has 0 heterocycles. The van der Waals surface area contributed by atoms with E-state index in [2.05, 4.69) is 5.32 Å². The molecule has 0 radical (unpaired) electrons. The van der Waals surface area contributed by atoms with E-state index in [1.54, 1.807) is 6.08 Å². The lowest BCUT2D eigenvalue weighted by molar-refractivity contribution is -0.117. The summed E-state index contributed by atoms with van der Waals surface area (Å²) in [5.74, 6) is 0.446. The summed E-state index contributed by atoms with van der Waals surface area (Å²) in [6.45, 7) is 6.56. The van der Waals surface area contributed by atoms with Crippen LogP contribution in [-0.4, -0.2) is 18.6 Å². The molecular weight excluding hydrogens is 264 g/mol. The summed E-state index contributed by atoms with van der Waals surface area (Å²) in [5, 5.41) is 11.8. The van der Waals surface area contributed by atoms with Crippen LogP contribution >= 0.6 is 0 Å². The number of benzene rings is 1. The highest BCUT2D eigenvalue weighted by molar-refractivity contribution is 6.01. The fourth-order valence-electron chi connectivity index (χ4n) is 1.70. The van der Waals surface area contributed by atoms with Crippen LogP contribution in [0.4, 0.5) is 0 Å². The first kappa shape index (κ1) is 16.8. The van der Waals surface area contributed by atoms with E-state index < -0.39 is 0 Å². The predicted octanol–water partition coefficient (Wildman–Crippen LogP) is 3.30. The van der Waals surface area contributed by atoms with Crippen molar-refractivity contribution in [1.29, 1.82) is 5.26 Å². The smallest absolute Gasteiger partial charge is 0.261 e. The third kappa shape index (κ3) is 6.13. The molecule has 112 valence electrons. The summed E-state index contributed by atoms with van der Waals surface area (Å²) in [6.07, 6.45) is 3.61. The lowest BCUT2D eigenvalue weighted by Crippen LogP contribution is -2.25. The molecule has 1 amide bonds. The molecule has 0 aliphatic rings. The van der Waals surface area contributed by atoms with Crippen LogP contribution < -0.4 is 10.1 Å². The molecule has 0 aromatic heterocycles. The number of nitriles is 1. The monoisotopic (exact) mass is 286 g/mol. The van der Waals surface area contributed by atoms with Crippen LogP contribution in [0.2, 0.25) is 0 Å². The Hall–Kier alpha value is -2.28. The Bertz CT molecular complexity index is 525. The van der Waals surface area contributed by atoms with Gasteiger partial charge in [-0.3, -0.25) is 4.79 Å². The van der Waals surface area contributed by atoms with Gasteiger partial charge in [0.15, 0.2) is 0 Å². The second-order valence-corrected chi connectivity index (χ2v) is 5.01. The predicted molar refractivity (Wildman–Crippen MR) is 83.7 cm³/mol. The topological polar surface area (TPSA) is 62.1 Å². The van der Waals surface area contributed by atoms with Gasteiger partial charge in [0.05, 0.1) is 6.10 Å². The van der Waals surface area contributed by atoms with E-state index >= 15 is 0 Å². The van der Waals surface area contributed by atoms with Gasteiger partial charge >= 0.3 is 0 Å². The van der Waals surface area contributed by atoms with Crippen molar-refractivity contribution in [2.24, 2.45) is 0 Å². The zero-order valence-electron chi connectivity index (χ0n) is 12.8. The molecule has 0 saturated carbocycles. The molecule has 1 aromatic rings. The number of amides is 1. The minimum absolute atomic E-state index is 0.114. The number of carbonyl (C=O) groups excluding carboxylic acids is 1. The van der Waals surface area contributed by atoms with Crippen LogP contribution in [0.15, 0.2) is 29.8 Å². The molecule has 0 fully saturated rings. The van der Waals surface area contributed by atoms with Crippen molar-refractivity contribution in [2.75, 3.05) is 6.54 Å². The molecule has 0 aliphatic carbocycles. The maximum Gasteiger partial charge on any atom is 0.261 e. The van der Waals surface area contributed by atoms with Gasteiger partial charge in [-0.05, 0) is 44.0 Å². The molecule has 4 nitrogen and oxygen atoms in total. The van der Waals surface area contributed by atoms with Gasteiger partial charge in [-0.25, -0.2) is 0 Å². The van der Waals surface area contributed by atoms with Gasteiger partial charge in [0.1, 0.15) is 17.4 Å². The van der Waals surface area contributed by atoms with Crippen molar-refractivity contribution < 1.29 is 9.53 Å². The highest BCUT2D eigenvalue weighted by Gasteiger charge is 2.08. The summed E-state index contributed by atoms with van der Waals surface area (Å²) >= 11 is 0. The number of ether oxygens (including phenoxy) is 1. The largest absolute Gasteiger partial charge is 0.491 e. The molecule has 1 N–H and O–H groups in total. The molecule has 21 heavy (non-hydrogen) atoms. The third-order valence-electron chi connectivity index (χ3n) is 2.74. The SMILES string of the molecule is CCCCNC(=O)/C(C#N)=C\c1ccc(OC(C)C)cc1. The zero-order valence-corrected chi connectivity index (χ0v) is 12.8. The second-order valence-electron chi connectivity index (χ2n) is 5.01. The van der Waals surface area contributed by atoms with Crippen LogP contribution in [0, 0.1) is 11.3 Å². The van der Waals surface area contributed by atoms with Crippen molar-refractivity contribution in [2.45, 2.75) is 39.7 Å².